The third kappa shape index (κ3) is 11.0. The molecule has 0 aromatic heterocycles. The number of aliphatic imine (C=N–C) groups is 1. The quantitative estimate of drug-likeness (QED) is 0.613. The molecule has 0 spiro atoms. The van der Waals surface area contributed by atoms with E-state index in [1.807, 2.05) is 30.3 Å². The van der Waals surface area contributed by atoms with Gasteiger partial charge in [0, 0.05) is 6.92 Å². The Kier molecular flexibility index (Phi) is 10.6. The molecule has 0 aliphatic rings. The lowest BCUT2D eigenvalue weighted by Crippen LogP contribution is -2.04. The molecule has 110 valence electrons. The molecule has 0 bridgehead atoms. The van der Waals surface area contributed by atoms with Gasteiger partial charge in [-0.2, -0.15) is 0 Å². The van der Waals surface area contributed by atoms with Crippen LogP contribution >= 0.6 is 0 Å². The number of nitrogens with zero attached hydrogens (tertiary/aromatic N) is 1. The highest BCUT2D eigenvalue weighted by Gasteiger charge is 1.93. The number of benzene rings is 1. The molecule has 0 aliphatic carbocycles. The van der Waals surface area contributed by atoms with E-state index in [-0.39, 0.29) is 11.9 Å². The van der Waals surface area contributed by atoms with Crippen LogP contribution in [0.5, 0.6) is 0 Å². The van der Waals surface area contributed by atoms with Gasteiger partial charge in [0.25, 0.3) is 0 Å². The van der Waals surface area contributed by atoms with Crippen LogP contribution in [0.25, 0.3) is 0 Å². The Morgan fingerprint density at radius 3 is 2.15 bits per heavy atom. The Morgan fingerprint density at radius 1 is 1.10 bits per heavy atom. The lowest BCUT2D eigenvalue weighted by molar-refractivity contribution is -0.140. The molecule has 1 rings (SSSR count). The van der Waals surface area contributed by atoms with Crippen molar-refractivity contribution in [1.29, 1.82) is 0 Å². The van der Waals surface area contributed by atoms with Gasteiger partial charge in [0.1, 0.15) is 6.21 Å². The summed E-state index contributed by atoms with van der Waals surface area (Å²) in [6.45, 7) is 6.32. The summed E-state index contributed by atoms with van der Waals surface area (Å²) in [7, 11) is 0. The zero-order valence-corrected chi connectivity index (χ0v) is 12.2. The summed E-state index contributed by atoms with van der Waals surface area (Å²) in [6.07, 6.45) is 1.22. The molecular weight excluding hydrogens is 258 g/mol. The van der Waals surface area contributed by atoms with Crippen molar-refractivity contribution in [2.24, 2.45) is 4.99 Å². The number of carbonyl (C=O) groups is 2. The first-order valence-corrected chi connectivity index (χ1v) is 6.44. The summed E-state index contributed by atoms with van der Waals surface area (Å²) in [5.74, 6) is -0.596. The zero-order chi connectivity index (χ0) is 15.2. The van der Waals surface area contributed by atoms with Crippen LogP contribution in [0, 0.1) is 0 Å². The van der Waals surface area contributed by atoms with Crippen LogP contribution in [0.2, 0.25) is 0 Å². The van der Waals surface area contributed by atoms with Gasteiger partial charge >= 0.3 is 11.9 Å². The Balaban J connectivity index is 0.000000511. The van der Waals surface area contributed by atoms with E-state index < -0.39 is 0 Å². The van der Waals surface area contributed by atoms with E-state index in [1.54, 1.807) is 13.8 Å². The van der Waals surface area contributed by atoms with Crippen LogP contribution in [0.3, 0.4) is 0 Å². The number of hydrogen-bond donors (Lipinski definition) is 0. The summed E-state index contributed by atoms with van der Waals surface area (Å²) in [4.78, 5) is 24.6. The molecule has 5 heteroatoms. The van der Waals surface area contributed by atoms with Gasteiger partial charge in [-0.05, 0) is 19.4 Å². The van der Waals surface area contributed by atoms with Gasteiger partial charge < -0.3 is 9.47 Å². The van der Waals surface area contributed by atoms with Crippen molar-refractivity contribution in [3.63, 3.8) is 0 Å². The van der Waals surface area contributed by atoms with Crippen LogP contribution in [0.4, 0.5) is 0 Å². The smallest absolute Gasteiger partial charge is 0.348 e. The standard InChI is InChI=1S/C11H13NO2.C4H8O2/c1-2-14-11(13)9-12-8-10-6-4-3-5-7-10;1-3-6-4(2)5/h3-7,9H,2,8H2,1H3;3H2,1-2H3. The van der Waals surface area contributed by atoms with Gasteiger partial charge in [-0.3, -0.25) is 9.79 Å². The minimum Gasteiger partial charge on any atom is -0.466 e. The van der Waals surface area contributed by atoms with Crippen molar-refractivity contribution in [1.82, 2.24) is 0 Å². The minimum absolute atomic E-state index is 0.211. The van der Waals surface area contributed by atoms with Gasteiger partial charge in [-0.1, -0.05) is 30.3 Å². The topological polar surface area (TPSA) is 65.0 Å². The molecule has 0 atom stereocenters. The van der Waals surface area contributed by atoms with E-state index in [0.717, 1.165) is 5.56 Å². The van der Waals surface area contributed by atoms with Crippen LogP contribution in [0.1, 0.15) is 26.3 Å². The molecule has 0 N–H and O–H groups in total. The number of esters is 2. The second kappa shape index (κ2) is 11.9. The molecule has 20 heavy (non-hydrogen) atoms. The van der Waals surface area contributed by atoms with Crippen molar-refractivity contribution >= 4 is 18.2 Å². The lowest BCUT2D eigenvalue weighted by atomic mass is 10.2. The molecule has 0 unspecified atom stereocenters. The second-order valence-electron chi connectivity index (χ2n) is 3.63. The van der Waals surface area contributed by atoms with Crippen molar-refractivity contribution < 1.29 is 19.1 Å². The number of rotatable bonds is 5. The molecule has 0 amide bonds. The van der Waals surface area contributed by atoms with E-state index in [0.29, 0.717) is 19.8 Å². The first-order valence-electron chi connectivity index (χ1n) is 6.44. The normalized spacial score (nSPS) is 9.55. The highest BCUT2D eigenvalue weighted by Crippen LogP contribution is 1.99. The lowest BCUT2D eigenvalue weighted by Gasteiger charge is -1.95. The fourth-order valence-corrected chi connectivity index (χ4v) is 1.19. The summed E-state index contributed by atoms with van der Waals surface area (Å²) >= 11 is 0. The number of ether oxygens (including phenoxy) is 2. The maximum Gasteiger partial charge on any atom is 0.348 e. The largest absolute Gasteiger partial charge is 0.466 e. The zero-order valence-electron chi connectivity index (χ0n) is 12.2. The van der Waals surface area contributed by atoms with Gasteiger partial charge in [0.05, 0.1) is 19.8 Å². The van der Waals surface area contributed by atoms with Crippen molar-refractivity contribution in [3.05, 3.63) is 35.9 Å². The molecule has 0 radical (unpaired) electrons. The Morgan fingerprint density at radius 2 is 1.70 bits per heavy atom. The summed E-state index contributed by atoms with van der Waals surface area (Å²) in [5.41, 5.74) is 1.08. The third-order valence-electron chi connectivity index (χ3n) is 1.95. The van der Waals surface area contributed by atoms with E-state index in [2.05, 4.69) is 9.73 Å². The van der Waals surface area contributed by atoms with Crippen molar-refractivity contribution in [2.45, 2.75) is 27.3 Å². The molecule has 0 saturated heterocycles. The van der Waals surface area contributed by atoms with E-state index >= 15 is 0 Å². The Hall–Kier alpha value is -2.17. The first kappa shape index (κ1) is 17.8. The highest BCUT2D eigenvalue weighted by atomic mass is 16.5. The van der Waals surface area contributed by atoms with E-state index in [1.165, 1.54) is 13.1 Å². The highest BCUT2D eigenvalue weighted by molar-refractivity contribution is 6.23. The second-order valence-corrected chi connectivity index (χ2v) is 3.63. The minimum atomic E-state index is -0.386. The van der Waals surface area contributed by atoms with Gasteiger partial charge in [0.2, 0.25) is 0 Å². The van der Waals surface area contributed by atoms with Crippen LogP contribution < -0.4 is 0 Å². The molecule has 0 heterocycles. The van der Waals surface area contributed by atoms with E-state index in [9.17, 15) is 9.59 Å². The predicted molar refractivity (Wildman–Crippen MR) is 77.6 cm³/mol. The van der Waals surface area contributed by atoms with Crippen LogP contribution in [0.15, 0.2) is 35.3 Å². The average molecular weight is 279 g/mol. The summed E-state index contributed by atoms with van der Waals surface area (Å²) in [6, 6.07) is 9.74. The molecular formula is C15H21NO4. The molecule has 5 nitrogen and oxygen atoms in total. The molecule has 0 aliphatic heterocycles. The Bertz CT molecular complexity index is 415. The maximum absolute atomic E-state index is 10.9. The molecule has 0 fully saturated rings. The van der Waals surface area contributed by atoms with Crippen molar-refractivity contribution in [2.75, 3.05) is 13.2 Å². The molecule has 1 aromatic rings. The van der Waals surface area contributed by atoms with Crippen LogP contribution in [-0.4, -0.2) is 31.4 Å². The van der Waals surface area contributed by atoms with Crippen molar-refractivity contribution in [3.8, 4) is 0 Å². The predicted octanol–water partition coefficient (Wildman–Crippen LogP) is 2.39. The third-order valence-corrected chi connectivity index (χ3v) is 1.95. The Labute approximate surface area is 119 Å². The number of hydrogen-bond acceptors (Lipinski definition) is 5. The van der Waals surface area contributed by atoms with E-state index in [4.69, 9.17) is 4.74 Å². The summed E-state index contributed by atoms with van der Waals surface area (Å²) < 4.78 is 9.09. The van der Waals surface area contributed by atoms with Gasteiger partial charge in [-0.25, -0.2) is 4.79 Å². The number of carbonyl (C=O) groups excluding carboxylic acids is 2. The molecule has 1 aromatic carbocycles. The summed E-state index contributed by atoms with van der Waals surface area (Å²) in [5, 5.41) is 0. The monoisotopic (exact) mass is 279 g/mol. The fourth-order valence-electron chi connectivity index (χ4n) is 1.19. The average Bonchev–Trinajstić information content (AvgIpc) is 2.41. The fraction of sp³-hybridized carbons (Fsp3) is 0.400. The van der Waals surface area contributed by atoms with Gasteiger partial charge in [-0.15, -0.1) is 0 Å². The van der Waals surface area contributed by atoms with Gasteiger partial charge in [0.15, 0.2) is 0 Å². The van der Waals surface area contributed by atoms with Crippen LogP contribution in [-0.2, 0) is 25.6 Å². The molecule has 0 saturated carbocycles. The first-order chi connectivity index (χ1) is 9.60. The maximum atomic E-state index is 10.9. The SMILES string of the molecule is CCOC(=O)C=NCc1ccccc1.CCOC(C)=O.